The van der Waals surface area contributed by atoms with Gasteiger partial charge in [-0.1, -0.05) is 0 Å². The molecule has 1 unspecified atom stereocenters. The molecule has 142 valence electrons. The zero-order valence-electron chi connectivity index (χ0n) is 15.3. The van der Waals surface area contributed by atoms with Gasteiger partial charge in [0, 0.05) is 23.5 Å². The molecule has 3 rings (SSSR count). The Kier molecular flexibility index (Phi) is 5.61. The number of amides is 2. The smallest absolute Gasteiger partial charge is 0.274 e. The summed E-state index contributed by atoms with van der Waals surface area (Å²) in [6.07, 6.45) is 0.787. The summed E-state index contributed by atoms with van der Waals surface area (Å²) in [4.78, 5) is 25.8. The number of nitrogens with one attached hydrogen (secondary N) is 2. The normalized spacial score (nSPS) is 16.5. The third-order valence-corrected chi connectivity index (χ3v) is 4.32. The molecule has 1 atom stereocenters. The minimum atomic E-state index is -0.574. The fourth-order valence-corrected chi connectivity index (χ4v) is 3.03. The number of anilines is 2. The first-order valence-corrected chi connectivity index (χ1v) is 8.87. The molecule has 1 aliphatic heterocycles. The Balaban J connectivity index is 1.63. The van der Waals surface area contributed by atoms with Crippen molar-refractivity contribution >= 4 is 23.2 Å². The maximum absolute atomic E-state index is 12.7. The van der Waals surface area contributed by atoms with Gasteiger partial charge >= 0.3 is 0 Å². The SMILES string of the molecule is CC(C)Oc1ccc(N2CCC(Nc3ccc(C(=O)NO)cc3)C2=O)cc1. The highest BCUT2D eigenvalue weighted by molar-refractivity contribution is 6.01. The first-order chi connectivity index (χ1) is 13.0. The van der Waals surface area contributed by atoms with Crippen molar-refractivity contribution in [3.05, 3.63) is 54.1 Å². The topological polar surface area (TPSA) is 90.9 Å². The molecule has 2 aromatic carbocycles. The van der Waals surface area contributed by atoms with Crippen molar-refractivity contribution in [1.82, 2.24) is 5.48 Å². The molecule has 27 heavy (non-hydrogen) atoms. The van der Waals surface area contributed by atoms with Gasteiger partial charge in [0.2, 0.25) is 5.91 Å². The van der Waals surface area contributed by atoms with Crippen LogP contribution in [-0.4, -0.2) is 35.7 Å². The Morgan fingerprint density at radius 3 is 2.41 bits per heavy atom. The Morgan fingerprint density at radius 2 is 1.81 bits per heavy atom. The molecule has 7 nitrogen and oxygen atoms in total. The molecule has 2 amide bonds. The van der Waals surface area contributed by atoms with E-state index in [-0.39, 0.29) is 18.1 Å². The number of hydrogen-bond donors (Lipinski definition) is 3. The first kappa shape index (κ1) is 18.7. The van der Waals surface area contributed by atoms with Crippen molar-refractivity contribution in [2.75, 3.05) is 16.8 Å². The van der Waals surface area contributed by atoms with Gasteiger partial charge in [0.25, 0.3) is 5.91 Å². The van der Waals surface area contributed by atoms with E-state index < -0.39 is 5.91 Å². The summed E-state index contributed by atoms with van der Waals surface area (Å²) >= 11 is 0. The Hall–Kier alpha value is -3.06. The zero-order valence-corrected chi connectivity index (χ0v) is 15.3. The second-order valence-electron chi connectivity index (χ2n) is 6.65. The van der Waals surface area contributed by atoms with Gasteiger partial charge in [0.15, 0.2) is 0 Å². The van der Waals surface area contributed by atoms with Gasteiger partial charge in [-0.3, -0.25) is 14.8 Å². The Bertz CT molecular complexity index is 803. The molecule has 1 aliphatic rings. The third kappa shape index (κ3) is 4.38. The summed E-state index contributed by atoms with van der Waals surface area (Å²) in [5.41, 5.74) is 3.51. The number of ether oxygens (including phenoxy) is 1. The standard InChI is InChI=1S/C20H23N3O4/c1-13(2)27-17-9-7-16(8-10-17)23-12-11-18(20(23)25)21-15-5-3-14(4-6-15)19(24)22-26/h3-10,13,18,21,26H,11-12H2,1-2H3,(H,22,24). The van der Waals surface area contributed by atoms with E-state index in [2.05, 4.69) is 5.32 Å². The quantitative estimate of drug-likeness (QED) is 0.538. The van der Waals surface area contributed by atoms with E-state index in [0.29, 0.717) is 18.5 Å². The fourth-order valence-electron chi connectivity index (χ4n) is 3.03. The molecule has 1 heterocycles. The predicted octanol–water partition coefficient (Wildman–Crippen LogP) is 2.81. The van der Waals surface area contributed by atoms with Crippen molar-refractivity contribution in [1.29, 1.82) is 0 Å². The molecular weight excluding hydrogens is 346 g/mol. The summed E-state index contributed by atoms with van der Waals surface area (Å²) in [6.45, 7) is 4.57. The number of carbonyl (C=O) groups is 2. The van der Waals surface area contributed by atoms with Crippen LogP contribution in [-0.2, 0) is 4.79 Å². The highest BCUT2D eigenvalue weighted by atomic mass is 16.5. The van der Waals surface area contributed by atoms with Crippen LogP contribution in [0.5, 0.6) is 5.75 Å². The van der Waals surface area contributed by atoms with E-state index in [1.165, 1.54) is 0 Å². The van der Waals surface area contributed by atoms with Crippen molar-refractivity contribution in [2.45, 2.75) is 32.4 Å². The summed E-state index contributed by atoms with van der Waals surface area (Å²) in [7, 11) is 0. The van der Waals surface area contributed by atoms with Gasteiger partial charge in [-0.05, 0) is 68.8 Å². The van der Waals surface area contributed by atoms with Gasteiger partial charge in [0.05, 0.1) is 6.10 Å². The summed E-state index contributed by atoms with van der Waals surface area (Å²) < 4.78 is 5.63. The lowest BCUT2D eigenvalue weighted by Gasteiger charge is -2.18. The number of hydroxylamine groups is 1. The van der Waals surface area contributed by atoms with Crippen LogP contribution < -0.4 is 20.4 Å². The molecule has 0 radical (unpaired) electrons. The lowest BCUT2D eigenvalue weighted by Crippen LogP contribution is -2.33. The van der Waals surface area contributed by atoms with E-state index in [9.17, 15) is 9.59 Å². The van der Waals surface area contributed by atoms with E-state index >= 15 is 0 Å². The van der Waals surface area contributed by atoms with E-state index in [4.69, 9.17) is 9.94 Å². The maximum atomic E-state index is 12.7. The van der Waals surface area contributed by atoms with Crippen LogP contribution in [0, 0.1) is 0 Å². The largest absolute Gasteiger partial charge is 0.491 e. The lowest BCUT2D eigenvalue weighted by atomic mass is 10.1. The number of rotatable bonds is 6. The number of benzene rings is 2. The Morgan fingerprint density at radius 1 is 1.15 bits per heavy atom. The van der Waals surface area contributed by atoms with Crippen molar-refractivity contribution in [3.63, 3.8) is 0 Å². The van der Waals surface area contributed by atoms with Crippen molar-refractivity contribution in [2.24, 2.45) is 0 Å². The van der Waals surface area contributed by atoms with Crippen LogP contribution in [0.4, 0.5) is 11.4 Å². The maximum Gasteiger partial charge on any atom is 0.274 e. The lowest BCUT2D eigenvalue weighted by molar-refractivity contribution is -0.117. The summed E-state index contributed by atoms with van der Waals surface area (Å²) in [6, 6.07) is 13.8. The molecular formula is C20H23N3O4. The molecule has 0 bridgehead atoms. The second-order valence-corrected chi connectivity index (χ2v) is 6.65. The van der Waals surface area contributed by atoms with Crippen LogP contribution in [0.3, 0.4) is 0 Å². The fraction of sp³-hybridized carbons (Fsp3) is 0.300. The second kappa shape index (κ2) is 8.09. The highest BCUT2D eigenvalue weighted by Crippen LogP contribution is 2.26. The first-order valence-electron chi connectivity index (χ1n) is 8.87. The monoisotopic (exact) mass is 369 g/mol. The van der Waals surface area contributed by atoms with Crippen molar-refractivity contribution < 1.29 is 19.5 Å². The number of nitrogens with zero attached hydrogens (tertiary/aromatic N) is 1. The zero-order chi connectivity index (χ0) is 19.4. The minimum Gasteiger partial charge on any atom is -0.491 e. The van der Waals surface area contributed by atoms with Crippen LogP contribution >= 0.6 is 0 Å². The molecule has 0 spiro atoms. The van der Waals surface area contributed by atoms with E-state index in [1.807, 2.05) is 38.1 Å². The summed E-state index contributed by atoms with van der Waals surface area (Å²) in [5.74, 6) is 0.210. The predicted molar refractivity (Wildman–Crippen MR) is 102 cm³/mol. The molecule has 7 heteroatoms. The summed E-state index contributed by atoms with van der Waals surface area (Å²) in [5, 5.41) is 11.8. The molecule has 1 fully saturated rings. The highest BCUT2D eigenvalue weighted by Gasteiger charge is 2.32. The molecule has 0 saturated carbocycles. The van der Waals surface area contributed by atoms with E-state index in [1.54, 1.807) is 34.6 Å². The van der Waals surface area contributed by atoms with Gasteiger partial charge in [-0.2, -0.15) is 0 Å². The average molecular weight is 369 g/mol. The minimum absolute atomic E-state index is 0.00436. The molecule has 0 aromatic heterocycles. The van der Waals surface area contributed by atoms with Crippen molar-refractivity contribution in [3.8, 4) is 5.75 Å². The molecule has 3 N–H and O–H groups in total. The van der Waals surface area contributed by atoms with Crippen LogP contribution in [0.15, 0.2) is 48.5 Å². The third-order valence-electron chi connectivity index (χ3n) is 4.32. The molecule has 2 aromatic rings. The molecule has 1 saturated heterocycles. The Labute approximate surface area is 157 Å². The van der Waals surface area contributed by atoms with Gasteiger partial charge < -0.3 is 15.0 Å². The van der Waals surface area contributed by atoms with Gasteiger partial charge in [0.1, 0.15) is 11.8 Å². The van der Waals surface area contributed by atoms with Crippen LogP contribution in [0.2, 0.25) is 0 Å². The van der Waals surface area contributed by atoms with Crippen LogP contribution in [0.1, 0.15) is 30.6 Å². The van der Waals surface area contributed by atoms with Gasteiger partial charge in [-0.25, -0.2) is 5.48 Å². The van der Waals surface area contributed by atoms with Gasteiger partial charge in [-0.15, -0.1) is 0 Å². The molecule has 0 aliphatic carbocycles. The number of carbonyl (C=O) groups excluding carboxylic acids is 2. The van der Waals surface area contributed by atoms with Crippen LogP contribution in [0.25, 0.3) is 0 Å². The number of hydrogen-bond acceptors (Lipinski definition) is 5. The average Bonchev–Trinajstić information content (AvgIpc) is 3.02. The van der Waals surface area contributed by atoms with E-state index in [0.717, 1.165) is 17.1 Å².